The van der Waals surface area contributed by atoms with Gasteiger partial charge in [0.25, 0.3) is 5.91 Å². The molecule has 1 aromatic carbocycles. The van der Waals surface area contributed by atoms with Gasteiger partial charge in [-0.05, 0) is 56.6 Å². The second-order valence-corrected chi connectivity index (χ2v) is 7.01. The number of nitrogens with zero attached hydrogens (tertiary/aromatic N) is 1. The first kappa shape index (κ1) is 17.5. The van der Waals surface area contributed by atoms with Crippen LogP contribution in [-0.2, 0) is 6.61 Å². The van der Waals surface area contributed by atoms with E-state index in [0.29, 0.717) is 29.3 Å². The van der Waals surface area contributed by atoms with Gasteiger partial charge in [0.05, 0.1) is 5.56 Å². The number of aromatic nitrogens is 1. The molecule has 0 radical (unpaired) electrons. The van der Waals surface area contributed by atoms with Gasteiger partial charge in [-0.1, -0.05) is 0 Å². The van der Waals surface area contributed by atoms with E-state index < -0.39 is 0 Å². The van der Waals surface area contributed by atoms with Crippen molar-refractivity contribution in [3.8, 4) is 5.75 Å². The monoisotopic (exact) mass is 365 g/mol. The molecule has 0 aliphatic carbocycles. The van der Waals surface area contributed by atoms with Crippen molar-refractivity contribution in [3.63, 3.8) is 0 Å². The summed E-state index contributed by atoms with van der Waals surface area (Å²) in [6, 6.07) is 7.78. The van der Waals surface area contributed by atoms with Gasteiger partial charge in [0.1, 0.15) is 23.7 Å². The van der Waals surface area contributed by atoms with Gasteiger partial charge in [-0.2, -0.15) is 0 Å². The minimum Gasteiger partial charge on any atom is -0.489 e. The molecule has 6 nitrogen and oxygen atoms in total. The molecule has 3 aromatic rings. The molecule has 1 amide bonds. The van der Waals surface area contributed by atoms with Crippen LogP contribution in [0.1, 0.15) is 33.7 Å². The number of carbonyl (C=O) groups excluding carboxylic acids is 1. The number of furan rings is 1. The predicted molar refractivity (Wildman–Crippen MR) is 103 cm³/mol. The zero-order chi connectivity index (χ0) is 18.8. The summed E-state index contributed by atoms with van der Waals surface area (Å²) < 4.78 is 11.7. The first-order valence-corrected chi connectivity index (χ1v) is 9.18. The van der Waals surface area contributed by atoms with E-state index in [1.54, 1.807) is 6.20 Å². The lowest BCUT2D eigenvalue weighted by molar-refractivity contribution is 0.0940. The summed E-state index contributed by atoms with van der Waals surface area (Å²) in [5, 5.41) is 7.12. The van der Waals surface area contributed by atoms with Crippen LogP contribution in [0, 0.1) is 13.8 Å². The fourth-order valence-corrected chi connectivity index (χ4v) is 3.47. The van der Waals surface area contributed by atoms with E-state index in [0.717, 1.165) is 36.0 Å². The number of ether oxygens (including phenoxy) is 1. The molecule has 1 aliphatic rings. The maximum Gasteiger partial charge on any atom is 0.255 e. The molecule has 140 valence electrons. The zero-order valence-electron chi connectivity index (χ0n) is 15.5. The lowest BCUT2D eigenvalue weighted by Crippen LogP contribution is -2.36. The highest BCUT2D eigenvalue weighted by Crippen LogP contribution is 2.29. The lowest BCUT2D eigenvalue weighted by atomic mass is 10.1. The van der Waals surface area contributed by atoms with Crippen molar-refractivity contribution in [1.82, 2.24) is 15.6 Å². The molecule has 1 unspecified atom stereocenters. The Hall–Kier alpha value is -2.86. The van der Waals surface area contributed by atoms with Gasteiger partial charge in [0.2, 0.25) is 0 Å². The molecule has 3 heterocycles. The fraction of sp³-hybridized carbons (Fsp3) is 0.333. The number of hydrogen-bond donors (Lipinski definition) is 2. The summed E-state index contributed by atoms with van der Waals surface area (Å²) in [6.07, 6.45) is 4.55. The van der Waals surface area contributed by atoms with Crippen LogP contribution in [0.15, 0.2) is 41.1 Å². The first-order chi connectivity index (χ1) is 13.1. The molecular weight excluding hydrogens is 342 g/mol. The van der Waals surface area contributed by atoms with Gasteiger partial charge in [-0.15, -0.1) is 0 Å². The van der Waals surface area contributed by atoms with E-state index in [-0.39, 0.29) is 11.9 Å². The number of rotatable bonds is 5. The molecule has 0 saturated carbocycles. The average molecular weight is 365 g/mol. The quantitative estimate of drug-likeness (QED) is 0.727. The molecule has 4 rings (SSSR count). The average Bonchev–Trinajstić information content (AvgIpc) is 3.26. The number of pyridine rings is 1. The maximum atomic E-state index is 12.8. The van der Waals surface area contributed by atoms with Crippen LogP contribution in [0.3, 0.4) is 0 Å². The highest BCUT2D eigenvalue weighted by atomic mass is 16.5. The van der Waals surface area contributed by atoms with Crippen molar-refractivity contribution in [2.24, 2.45) is 0 Å². The SMILES string of the molecule is Cc1cncc(COc2ccc3oc(C)c(C(=O)NC4CCNC4)c3c2)c1. The molecule has 1 saturated heterocycles. The Bertz CT molecular complexity index is 974. The topological polar surface area (TPSA) is 76.4 Å². The normalized spacial score (nSPS) is 16.6. The van der Waals surface area contributed by atoms with Crippen LogP contribution < -0.4 is 15.4 Å². The van der Waals surface area contributed by atoms with Crippen LogP contribution >= 0.6 is 0 Å². The maximum absolute atomic E-state index is 12.8. The minimum atomic E-state index is -0.0972. The summed E-state index contributed by atoms with van der Waals surface area (Å²) in [5.74, 6) is 1.22. The van der Waals surface area contributed by atoms with Gasteiger partial charge in [-0.25, -0.2) is 0 Å². The number of benzene rings is 1. The smallest absolute Gasteiger partial charge is 0.255 e. The molecular formula is C21H23N3O3. The first-order valence-electron chi connectivity index (χ1n) is 9.18. The van der Waals surface area contributed by atoms with E-state index in [1.165, 1.54) is 0 Å². The molecule has 6 heteroatoms. The van der Waals surface area contributed by atoms with Crippen molar-refractivity contribution >= 4 is 16.9 Å². The standard InChI is InChI=1S/C21H23N3O3/c1-13-7-15(10-23-9-13)12-26-17-3-4-19-18(8-17)20(14(2)27-19)21(25)24-16-5-6-22-11-16/h3-4,7-10,16,22H,5-6,11-12H2,1-2H3,(H,24,25). The Morgan fingerprint density at radius 3 is 3.00 bits per heavy atom. The predicted octanol–water partition coefficient (Wildman–Crippen LogP) is 3.12. The van der Waals surface area contributed by atoms with Crippen molar-refractivity contribution in [1.29, 1.82) is 0 Å². The Morgan fingerprint density at radius 1 is 1.33 bits per heavy atom. The summed E-state index contributed by atoms with van der Waals surface area (Å²) >= 11 is 0. The van der Waals surface area contributed by atoms with Gasteiger partial charge < -0.3 is 19.8 Å². The number of nitrogens with one attached hydrogen (secondary N) is 2. The number of aryl methyl sites for hydroxylation is 2. The van der Waals surface area contributed by atoms with Gasteiger partial charge in [0.15, 0.2) is 0 Å². The van der Waals surface area contributed by atoms with Gasteiger partial charge >= 0.3 is 0 Å². The molecule has 1 aliphatic heterocycles. The van der Waals surface area contributed by atoms with Crippen molar-refractivity contribution in [3.05, 3.63) is 59.1 Å². The van der Waals surface area contributed by atoms with E-state index in [1.807, 2.05) is 44.3 Å². The van der Waals surface area contributed by atoms with Crippen molar-refractivity contribution in [2.45, 2.75) is 32.9 Å². The van der Waals surface area contributed by atoms with Crippen LogP contribution in [0.5, 0.6) is 5.75 Å². The second kappa shape index (κ2) is 7.40. The summed E-state index contributed by atoms with van der Waals surface area (Å²) in [5.41, 5.74) is 3.37. The molecule has 0 spiro atoms. The van der Waals surface area contributed by atoms with Crippen molar-refractivity contribution in [2.75, 3.05) is 13.1 Å². The molecule has 0 bridgehead atoms. The van der Waals surface area contributed by atoms with Crippen LogP contribution in [0.4, 0.5) is 0 Å². The Kier molecular flexibility index (Phi) is 4.81. The highest BCUT2D eigenvalue weighted by Gasteiger charge is 2.23. The zero-order valence-corrected chi connectivity index (χ0v) is 15.5. The Labute approximate surface area is 157 Å². The molecule has 2 aromatic heterocycles. The Morgan fingerprint density at radius 2 is 2.22 bits per heavy atom. The molecule has 27 heavy (non-hydrogen) atoms. The van der Waals surface area contributed by atoms with E-state index in [9.17, 15) is 4.79 Å². The van der Waals surface area contributed by atoms with E-state index >= 15 is 0 Å². The number of hydrogen-bond acceptors (Lipinski definition) is 5. The third kappa shape index (κ3) is 3.80. The summed E-state index contributed by atoms with van der Waals surface area (Å²) in [4.78, 5) is 17.0. The fourth-order valence-electron chi connectivity index (χ4n) is 3.47. The second-order valence-electron chi connectivity index (χ2n) is 7.01. The third-order valence-electron chi connectivity index (χ3n) is 4.80. The highest BCUT2D eigenvalue weighted by molar-refractivity contribution is 6.07. The van der Waals surface area contributed by atoms with E-state index in [4.69, 9.17) is 9.15 Å². The molecule has 1 atom stereocenters. The third-order valence-corrected chi connectivity index (χ3v) is 4.80. The number of fused-ring (bicyclic) bond motifs is 1. The van der Waals surface area contributed by atoms with Gasteiger partial charge in [-0.3, -0.25) is 9.78 Å². The largest absolute Gasteiger partial charge is 0.489 e. The summed E-state index contributed by atoms with van der Waals surface area (Å²) in [7, 11) is 0. The minimum absolute atomic E-state index is 0.0972. The van der Waals surface area contributed by atoms with Gasteiger partial charge in [0, 0.05) is 35.9 Å². The Balaban J connectivity index is 1.56. The summed E-state index contributed by atoms with van der Waals surface area (Å²) in [6.45, 7) is 5.98. The van der Waals surface area contributed by atoms with Crippen LogP contribution in [0.25, 0.3) is 11.0 Å². The van der Waals surface area contributed by atoms with Crippen LogP contribution in [-0.4, -0.2) is 30.0 Å². The molecule has 1 fully saturated rings. The van der Waals surface area contributed by atoms with E-state index in [2.05, 4.69) is 15.6 Å². The van der Waals surface area contributed by atoms with Crippen molar-refractivity contribution < 1.29 is 13.9 Å². The number of amides is 1. The lowest BCUT2D eigenvalue weighted by Gasteiger charge is -2.11. The van der Waals surface area contributed by atoms with Crippen LogP contribution in [0.2, 0.25) is 0 Å². The molecule has 2 N–H and O–H groups in total. The number of carbonyl (C=O) groups is 1.